The summed E-state index contributed by atoms with van der Waals surface area (Å²) in [5.41, 5.74) is 2.44. The zero-order valence-electron chi connectivity index (χ0n) is 12.5. The minimum atomic E-state index is -0.656. The van der Waals surface area contributed by atoms with Gasteiger partial charge in [0.05, 0.1) is 21.1 Å². The molecule has 0 atom stereocenters. The molecular formula is C15H12N4O5. The van der Waals surface area contributed by atoms with Gasteiger partial charge in [0.1, 0.15) is 0 Å². The molecule has 0 spiro atoms. The Balaban J connectivity index is 2.21. The van der Waals surface area contributed by atoms with E-state index in [1.54, 1.807) is 6.07 Å². The minimum Gasteiger partial charge on any atom is -0.267 e. The third kappa shape index (κ3) is 3.77. The van der Waals surface area contributed by atoms with Crippen LogP contribution in [0.2, 0.25) is 0 Å². The minimum absolute atomic E-state index is 0.0586. The summed E-state index contributed by atoms with van der Waals surface area (Å²) in [4.78, 5) is 32.5. The van der Waals surface area contributed by atoms with Gasteiger partial charge < -0.3 is 0 Å². The first-order valence-corrected chi connectivity index (χ1v) is 6.73. The third-order valence-corrected chi connectivity index (χ3v) is 3.13. The standard InChI is InChI=1S/C15H12N4O5/c1-10(13-7-2-3-8-14(13)19(23)24)16-17-15(20)11-5-4-6-12(9-11)18(21)22/h2-9H,1H3,(H,17,20)/b16-10-. The number of para-hydroxylation sites is 1. The highest BCUT2D eigenvalue weighted by molar-refractivity contribution is 6.03. The molecule has 0 fully saturated rings. The summed E-state index contributed by atoms with van der Waals surface area (Å²) in [6, 6.07) is 11.1. The highest BCUT2D eigenvalue weighted by atomic mass is 16.6. The quantitative estimate of drug-likeness (QED) is 0.512. The van der Waals surface area contributed by atoms with Crippen LogP contribution >= 0.6 is 0 Å². The number of nitro groups is 2. The molecule has 0 aromatic heterocycles. The maximum absolute atomic E-state index is 12.0. The average Bonchev–Trinajstić information content (AvgIpc) is 2.59. The van der Waals surface area contributed by atoms with Gasteiger partial charge in [-0.15, -0.1) is 0 Å². The highest BCUT2D eigenvalue weighted by Gasteiger charge is 2.15. The van der Waals surface area contributed by atoms with E-state index in [2.05, 4.69) is 10.5 Å². The van der Waals surface area contributed by atoms with E-state index in [0.29, 0.717) is 0 Å². The van der Waals surface area contributed by atoms with Gasteiger partial charge in [-0.2, -0.15) is 5.10 Å². The molecule has 0 unspecified atom stereocenters. The summed E-state index contributed by atoms with van der Waals surface area (Å²) in [5.74, 6) is -0.656. The van der Waals surface area contributed by atoms with Gasteiger partial charge in [0.25, 0.3) is 17.3 Å². The molecule has 0 radical (unpaired) electrons. The topological polar surface area (TPSA) is 128 Å². The van der Waals surface area contributed by atoms with E-state index in [9.17, 15) is 25.0 Å². The van der Waals surface area contributed by atoms with E-state index in [1.807, 2.05) is 0 Å². The van der Waals surface area contributed by atoms with E-state index in [0.717, 1.165) is 6.07 Å². The van der Waals surface area contributed by atoms with Crippen LogP contribution in [0, 0.1) is 20.2 Å². The Bertz CT molecular complexity index is 847. The summed E-state index contributed by atoms with van der Waals surface area (Å²) in [6.07, 6.45) is 0. The van der Waals surface area contributed by atoms with Crippen LogP contribution in [0.1, 0.15) is 22.8 Å². The molecule has 0 saturated carbocycles. The van der Waals surface area contributed by atoms with Crippen molar-refractivity contribution < 1.29 is 14.6 Å². The van der Waals surface area contributed by atoms with Crippen molar-refractivity contribution in [3.8, 4) is 0 Å². The SMILES string of the molecule is C/C(=N/NC(=O)c1cccc([N+](=O)[O-])c1)c1ccccc1[N+](=O)[O-]. The second kappa shape index (κ2) is 7.09. The first kappa shape index (κ1) is 16.7. The fraction of sp³-hybridized carbons (Fsp3) is 0.0667. The molecule has 2 aromatic rings. The largest absolute Gasteiger partial charge is 0.278 e. The molecule has 9 heteroatoms. The predicted octanol–water partition coefficient (Wildman–Crippen LogP) is 2.66. The average molecular weight is 328 g/mol. The summed E-state index contributed by atoms with van der Waals surface area (Å²) >= 11 is 0. The third-order valence-electron chi connectivity index (χ3n) is 3.13. The fourth-order valence-electron chi connectivity index (χ4n) is 1.96. The molecule has 0 heterocycles. The van der Waals surface area contributed by atoms with Crippen LogP contribution in [-0.4, -0.2) is 21.5 Å². The molecule has 2 aromatic carbocycles. The summed E-state index contributed by atoms with van der Waals surface area (Å²) in [7, 11) is 0. The van der Waals surface area contributed by atoms with Gasteiger partial charge in [-0.05, 0) is 19.1 Å². The number of amides is 1. The molecule has 24 heavy (non-hydrogen) atoms. The zero-order valence-corrected chi connectivity index (χ0v) is 12.5. The van der Waals surface area contributed by atoms with Crippen molar-refractivity contribution in [2.24, 2.45) is 5.10 Å². The molecule has 1 N–H and O–H groups in total. The molecular weight excluding hydrogens is 316 g/mol. The first-order valence-electron chi connectivity index (χ1n) is 6.73. The van der Waals surface area contributed by atoms with E-state index in [4.69, 9.17) is 0 Å². The van der Waals surface area contributed by atoms with Gasteiger partial charge in [-0.25, -0.2) is 5.43 Å². The van der Waals surface area contributed by atoms with Crippen molar-refractivity contribution in [2.75, 3.05) is 0 Å². The number of nitrogens with zero attached hydrogens (tertiary/aromatic N) is 3. The van der Waals surface area contributed by atoms with Crippen LogP contribution < -0.4 is 5.43 Å². The number of carbonyl (C=O) groups is 1. The van der Waals surface area contributed by atoms with Gasteiger partial charge in [0, 0.05) is 23.8 Å². The molecule has 0 aliphatic rings. The molecule has 9 nitrogen and oxygen atoms in total. The van der Waals surface area contributed by atoms with E-state index in [1.165, 1.54) is 43.3 Å². The predicted molar refractivity (Wildman–Crippen MR) is 85.9 cm³/mol. The van der Waals surface area contributed by atoms with Gasteiger partial charge in [-0.3, -0.25) is 25.0 Å². The van der Waals surface area contributed by atoms with Crippen molar-refractivity contribution in [3.05, 3.63) is 79.9 Å². The van der Waals surface area contributed by atoms with Gasteiger partial charge >= 0.3 is 0 Å². The monoisotopic (exact) mass is 328 g/mol. The molecule has 2 rings (SSSR count). The van der Waals surface area contributed by atoms with Gasteiger partial charge in [0.15, 0.2) is 0 Å². The number of nitro benzene ring substituents is 2. The van der Waals surface area contributed by atoms with Crippen LogP contribution in [-0.2, 0) is 0 Å². The van der Waals surface area contributed by atoms with Crippen molar-refractivity contribution in [1.82, 2.24) is 5.43 Å². The zero-order chi connectivity index (χ0) is 17.7. The second-order valence-corrected chi connectivity index (χ2v) is 4.72. The highest BCUT2D eigenvalue weighted by Crippen LogP contribution is 2.18. The normalized spacial score (nSPS) is 11.0. The molecule has 1 amide bonds. The number of carbonyl (C=O) groups excluding carboxylic acids is 1. The Hall–Kier alpha value is -3.62. The number of rotatable bonds is 5. The van der Waals surface area contributed by atoms with E-state index in [-0.39, 0.29) is 28.2 Å². The lowest BCUT2D eigenvalue weighted by Gasteiger charge is -2.04. The number of non-ortho nitro benzene ring substituents is 1. The van der Waals surface area contributed by atoms with Crippen LogP contribution in [0.25, 0.3) is 0 Å². The van der Waals surface area contributed by atoms with Crippen LogP contribution in [0.4, 0.5) is 11.4 Å². The summed E-state index contributed by atoms with van der Waals surface area (Å²) in [6.45, 7) is 1.51. The van der Waals surface area contributed by atoms with Crippen molar-refractivity contribution >= 4 is 23.0 Å². The maximum Gasteiger partial charge on any atom is 0.278 e. The molecule has 0 bridgehead atoms. The Morgan fingerprint density at radius 2 is 1.75 bits per heavy atom. The van der Waals surface area contributed by atoms with Crippen molar-refractivity contribution in [3.63, 3.8) is 0 Å². The number of benzene rings is 2. The lowest BCUT2D eigenvalue weighted by Crippen LogP contribution is -2.19. The van der Waals surface area contributed by atoms with Crippen molar-refractivity contribution in [1.29, 1.82) is 0 Å². The summed E-state index contributed by atoms with van der Waals surface area (Å²) in [5, 5.41) is 25.5. The number of hydrazone groups is 1. The second-order valence-electron chi connectivity index (χ2n) is 4.72. The van der Waals surface area contributed by atoms with Crippen LogP contribution in [0.15, 0.2) is 53.6 Å². The van der Waals surface area contributed by atoms with E-state index < -0.39 is 15.8 Å². The maximum atomic E-state index is 12.0. The van der Waals surface area contributed by atoms with E-state index >= 15 is 0 Å². The number of hydrogen-bond acceptors (Lipinski definition) is 6. The number of nitrogens with one attached hydrogen (secondary N) is 1. The fourth-order valence-corrected chi connectivity index (χ4v) is 1.96. The first-order chi connectivity index (χ1) is 11.4. The Morgan fingerprint density at radius 1 is 1.04 bits per heavy atom. The lowest BCUT2D eigenvalue weighted by atomic mass is 10.1. The number of hydrogen-bond donors (Lipinski definition) is 1. The molecule has 122 valence electrons. The molecule has 0 saturated heterocycles. The van der Waals surface area contributed by atoms with Crippen LogP contribution in [0.5, 0.6) is 0 Å². The molecule has 0 aliphatic carbocycles. The Morgan fingerprint density at radius 3 is 2.42 bits per heavy atom. The van der Waals surface area contributed by atoms with Gasteiger partial charge in [-0.1, -0.05) is 18.2 Å². The van der Waals surface area contributed by atoms with Gasteiger partial charge in [0.2, 0.25) is 0 Å². The Labute approximate surface area is 135 Å². The molecule has 0 aliphatic heterocycles. The Kier molecular flexibility index (Phi) is 4.95. The van der Waals surface area contributed by atoms with Crippen LogP contribution in [0.3, 0.4) is 0 Å². The summed E-state index contributed by atoms with van der Waals surface area (Å²) < 4.78 is 0. The lowest BCUT2D eigenvalue weighted by molar-refractivity contribution is -0.385. The smallest absolute Gasteiger partial charge is 0.267 e. The van der Waals surface area contributed by atoms with Crippen molar-refractivity contribution in [2.45, 2.75) is 6.92 Å².